The minimum absolute atomic E-state index is 0.279. The number of unbranched alkanes of at least 4 members (excludes halogenated alkanes) is 3. The van der Waals surface area contributed by atoms with Crippen LogP contribution in [-0.2, 0) is 19.1 Å². The number of hydrogen-bond acceptors (Lipinski definition) is 8. The molecular formula is C29H31NO8. The molecule has 38 heavy (non-hydrogen) atoms. The van der Waals surface area contributed by atoms with Crippen LogP contribution in [0, 0.1) is 0 Å². The van der Waals surface area contributed by atoms with Crippen molar-refractivity contribution in [1.82, 2.24) is 4.90 Å². The summed E-state index contributed by atoms with van der Waals surface area (Å²) in [6.45, 7) is 4.65. The summed E-state index contributed by atoms with van der Waals surface area (Å²) in [6, 6.07) is 13.4. The predicted molar refractivity (Wildman–Crippen MR) is 139 cm³/mol. The van der Waals surface area contributed by atoms with E-state index in [0.29, 0.717) is 61.8 Å². The van der Waals surface area contributed by atoms with Gasteiger partial charge in [-0.3, -0.25) is 19.3 Å². The average Bonchev–Trinajstić information content (AvgIpc) is 3.24. The van der Waals surface area contributed by atoms with Crippen LogP contribution in [0.25, 0.3) is 0 Å². The van der Waals surface area contributed by atoms with Crippen LogP contribution >= 0.6 is 0 Å². The zero-order valence-electron chi connectivity index (χ0n) is 21.1. The largest absolute Gasteiger partial charge is 0.494 e. The number of rotatable bonds is 16. The highest BCUT2D eigenvalue weighted by Gasteiger charge is 2.22. The van der Waals surface area contributed by atoms with Gasteiger partial charge in [-0.25, -0.2) is 4.79 Å². The fourth-order valence-electron chi connectivity index (χ4n) is 3.56. The van der Waals surface area contributed by atoms with Gasteiger partial charge in [-0.05, 0) is 80.6 Å². The van der Waals surface area contributed by atoms with Crippen molar-refractivity contribution in [3.8, 4) is 17.2 Å². The Morgan fingerprint density at radius 2 is 1.29 bits per heavy atom. The molecule has 0 atom stereocenters. The molecule has 3 rings (SSSR count). The molecule has 0 aliphatic carbocycles. The molecule has 0 aromatic heterocycles. The summed E-state index contributed by atoms with van der Waals surface area (Å²) >= 11 is 0. The van der Waals surface area contributed by atoms with Gasteiger partial charge in [0.05, 0.1) is 25.0 Å². The lowest BCUT2D eigenvalue weighted by Gasteiger charge is -2.13. The van der Waals surface area contributed by atoms with E-state index >= 15 is 0 Å². The van der Waals surface area contributed by atoms with Crippen LogP contribution in [0.15, 0.2) is 73.5 Å². The molecule has 0 bridgehead atoms. The third-order valence-corrected chi connectivity index (χ3v) is 5.58. The highest BCUT2D eigenvalue weighted by Crippen LogP contribution is 2.20. The Morgan fingerprint density at radius 3 is 1.89 bits per heavy atom. The summed E-state index contributed by atoms with van der Waals surface area (Å²) in [5, 5.41) is 0. The fourth-order valence-corrected chi connectivity index (χ4v) is 3.56. The van der Waals surface area contributed by atoms with Crippen LogP contribution in [-0.4, -0.2) is 48.4 Å². The average molecular weight is 522 g/mol. The molecule has 2 aromatic carbocycles. The van der Waals surface area contributed by atoms with E-state index in [1.54, 1.807) is 48.5 Å². The highest BCUT2D eigenvalue weighted by atomic mass is 16.5. The lowest BCUT2D eigenvalue weighted by Crippen LogP contribution is -2.31. The molecule has 2 aromatic rings. The van der Waals surface area contributed by atoms with Crippen molar-refractivity contribution in [2.45, 2.75) is 38.5 Å². The molecule has 0 spiro atoms. The van der Waals surface area contributed by atoms with Gasteiger partial charge in [0.15, 0.2) is 0 Å². The van der Waals surface area contributed by atoms with E-state index in [9.17, 15) is 19.2 Å². The van der Waals surface area contributed by atoms with Crippen molar-refractivity contribution < 1.29 is 38.1 Å². The minimum Gasteiger partial charge on any atom is -0.494 e. The molecule has 0 fully saturated rings. The molecule has 1 aliphatic rings. The monoisotopic (exact) mass is 521 g/mol. The van der Waals surface area contributed by atoms with E-state index in [4.69, 9.17) is 14.2 Å². The number of nitrogens with zero attached hydrogens (tertiary/aromatic N) is 1. The predicted octanol–water partition coefficient (Wildman–Crippen LogP) is 4.62. The molecule has 1 heterocycles. The van der Waals surface area contributed by atoms with Crippen molar-refractivity contribution in [3.05, 3.63) is 79.1 Å². The van der Waals surface area contributed by atoms with Crippen LogP contribution < -0.4 is 14.2 Å². The van der Waals surface area contributed by atoms with Crippen LogP contribution in [0.1, 0.15) is 48.9 Å². The summed E-state index contributed by atoms with van der Waals surface area (Å²) in [5.41, 5.74) is 0.392. The zero-order valence-corrected chi connectivity index (χ0v) is 21.1. The van der Waals surface area contributed by atoms with Gasteiger partial charge in [-0.2, -0.15) is 0 Å². The number of esters is 2. The van der Waals surface area contributed by atoms with Gasteiger partial charge in [-0.1, -0.05) is 6.58 Å². The van der Waals surface area contributed by atoms with Gasteiger partial charge in [0.25, 0.3) is 11.8 Å². The summed E-state index contributed by atoms with van der Waals surface area (Å²) in [6.07, 6.45) is 7.71. The molecule has 2 amide bonds. The van der Waals surface area contributed by atoms with Gasteiger partial charge in [0, 0.05) is 25.1 Å². The van der Waals surface area contributed by atoms with E-state index in [-0.39, 0.29) is 17.8 Å². The van der Waals surface area contributed by atoms with E-state index in [1.807, 2.05) is 0 Å². The number of carbonyl (C=O) groups excluding carboxylic acids is 4. The Bertz CT molecular complexity index is 1120. The minimum atomic E-state index is -0.489. The first-order valence-corrected chi connectivity index (χ1v) is 12.5. The molecule has 0 saturated carbocycles. The maximum absolute atomic E-state index is 12.4. The molecule has 1 aliphatic heterocycles. The maximum atomic E-state index is 12.4. The number of benzene rings is 2. The SMILES string of the molecule is C=COC(=O)CCCCCOc1ccc(C(=O)Oc2ccc(OCCCCN3C(=O)C=CC3=O)cc2)cc1. The Kier molecular flexibility index (Phi) is 11.1. The normalized spacial score (nSPS) is 12.4. The Balaban J connectivity index is 1.31. The van der Waals surface area contributed by atoms with Gasteiger partial charge < -0.3 is 18.9 Å². The summed E-state index contributed by atoms with van der Waals surface area (Å²) in [7, 11) is 0. The number of amides is 2. The quantitative estimate of drug-likeness (QED) is 0.104. The third kappa shape index (κ3) is 9.24. The first kappa shape index (κ1) is 28.2. The molecule has 9 nitrogen and oxygen atoms in total. The number of carbonyl (C=O) groups is 4. The van der Waals surface area contributed by atoms with Gasteiger partial charge >= 0.3 is 11.9 Å². The fraction of sp³-hybridized carbons (Fsp3) is 0.310. The molecule has 0 saturated heterocycles. The molecule has 0 radical (unpaired) electrons. The Morgan fingerprint density at radius 1 is 0.737 bits per heavy atom. The molecule has 0 unspecified atom stereocenters. The van der Waals surface area contributed by atoms with Crippen LogP contribution in [0.5, 0.6) is 17.2 Å². The summed E-state index contributed by atoms with van der Waals surface area (Å²) < 4.78 is 21.4. The number of imide groups is 1. The van der Waals surface area contributed by atoms with E-state index in [2.05, 4.69) is 11.3 Å². The second kappa shape index (κ2) is 15.0. The van der Waals surface area contributed by atoms with Crippen molar-refractivity contribution >= 4 is 23.8 Å². The van der Waals surface area contributed by atoms with Crippen molar-refractivity contribution in [2.75, 3.05) is 19.8 Å². The Labute approximate surface area is 221 Å². The molecule has 0 N–H and O–H groups in total. The lowest BCUT2D eigenvalue weighted by atomic mass is 10.2. The first-order valence-electron chi connectivity index (χ1n) is 12.5. The van der Waals surface area contributed by atoms with Crippen LogP contribution in [0.2, 0.25) is 0 Å². The molecule has 9 heteroatoms. The molecule has 200 valence electrons. The first-order chi connectivity index (χ1) is 18.5. The zero-order chi connectivity index (χ0) is 27.2. The lowest BCUT2D eigenvalue weighted by molar-refractivity contribution is -0.138. The summed E-state index contributed by atoms with van der Waals surface area (Å²) in [4.78, 5) is 47.9. The van der Waals surface area contributed by atoms with E-state index < -0.39 is 5.97 Å². The second-order valence-corrected chi connectivity index (χ2v) is 8.42. The van der Waals surface area contributed by atoms with Crippen molar-refractivity contribution in [3.63, 3.8) is 0 Å². The van der Waals surface area contributed by atoms with E-state index in [0.717, 1.165) is 25.5 Å². The van der Waals surface area contributed by atoms with Crippen LogP contribution in [0.4, 0.5) is 0 Å². The van der Waals surface area contributed by atoms with Gasteiger partial charge in [0.1, 0.15) is 17.2 Å². The van der Waals surface area contributed by atoms with Crippen molar-refractivity contribution in [1.29, 1.82) is 0 Å². The smallest absolute Gasteiger partial charge is 0.343 e. The Hall–Kier alpha value is -4.40. The summed E-state index contributed by atoms with van der Waals surface area (Å²) in [5.74, 6) is 0.320. The highest BCUT2D eigenvalue weighted by molar-refractivity contribution is 6.12. The standard InChI is InChI=1S/C29H31NO8/c1-2-35-28(33)8-4-3-6-20-36-23-11-9-22(10-12-23)29(34)38-25-15-13-24(14-16-25)37-21-7-5-19-30-26(31)17-18-27(30)32/h2,9-18H,1,3-8,19-21H2. The molecular weight excluding hydrogens is 490 g/mol. The second-order valence-electron chi connectivity index (χ2n) is 8.42. The maximum Gasteiger partial charge on any atom is 0.343 e. The van der Waals surface area contributed by atoms with Gasteiger partial charge in [0.2, 0.25) is 0 Å². The van der Waals surface area contributed by atoms with Crippen molar-refractivity contribution in [2.24, 2.45) is 0 Å². The topological polar surface area (TPSA) is 108 Å². The number of ether oxygens (including phenoxy) is 4. The van der Waals surface area contributed by atoms with E-state index in [1.165, 1.54) is 17.1 Å². The third-order valence-electron chi connectivity index (χ3n) is 5.58. The number of hydrogen-bond donors (Lipinski definition) is 0. The van der Waals surface area contributed by atoms with Gasteiger partial charge in [-0.15, -0.1) is 0 Å². The van der Waals surface area contributed by atoms with Crippen LogP contribution in [0.3, 0.4) is 0 Å².